The van der Waals surface area contributed by atoms with E-state index in [4.69, 9.17) is 0 Å². The second-order valence-electron chi connectivity index (χ2n) is 3.51. The number of hydrogen-bond acceptors (Lipinski definition) is 2. The van der Waals surface area contributed by atoms with Gasteiger partial charge >= 0.3 is 0 Å². The number of ether oxygens (including phenoxy) is 1. The van der Waals surface area contributed by atoms with Crippen LogP contribution in [0.2, 0.25) is 0 Å². The van der Waals surface area contributed by atoms with Crippen LogP contribution in [0.1, 0.15) is 5.56 Å². The highest BCUT2D eigenvalue weighted by Crippen LogP contribution is 2.16. The molecule has 0 radical (unpaired) electrons. The Morgan fingerprint density at radius 3 is 2.47 bits per heavy atom. The molecule has 0 N–H and O–H groups in total. The first-order chi connectivity index (χ1) is 8.29. The zero-order valence-electron chi connectivity index (χ0n) is 9.93. The topological polar surface area (TPSA) is 26.3 Å². The fourth-order valence-corrected chi connectivity index (χ4v) is 1.49. The second kappa shape index (κ2) is 7.23. The molecule has 0 atom stereocenters. The van der Waals surface area contributed by atoms with Crippen LogP contribution in [0.5, 0.6) is 0 Å². The number of aryl methyl sites for hydroxylation is 1. The molecule has 2 aromatic rings. The lowest BCUT2D eigenvalue weighted by Crippen LogP contribution is -1.83. The van der Waals surface area contributed by atoms with Crippen molar-refractivity contribution in [3.8, 4) is 0 Å². The normalized spacial score (nSPS) is 9.00. The molecule has 0 aromatic heterocycles. The minimum absolute atomic E-state index is 0.309. The van der Waals surface area contributed by atoms with Gasteiger partial charge in [-0.2, -0.15) is 0 Å². The molecule has 0 aliphatic heterocycles. The average Bonchev–Trinajstić information content (AvgIpc) is 2.38. The van der Waals surface area contributed by atoms with Crippen molar-refractivity contribution in [3.05, 3.63) is 60.7 Å². The molecule has 2 rings (SSSR count). The Kier molecular flexibility index (Phi) is 5.52. The van der Waals surface area contributed by atoms with Gasteiger partial charge in [-0.1, -0.05) is 55.1 Å². The van der Waals surface area contributed by atoms with Gasteiger partial charge in [-0.3, -0.25) is 4.79 Å². The summed E-state index contributed by atoms with van der Waals surface area (Å²) < 4.78 is 4.18. The van der Waals surface area contributed by atoms with Crippen LogP contribution in [-0.4, -0.2) is 13.1 Å². The lowest BCUT2D eigenvalue weighted by Gasteiger charge is -1.98. The Labute approximate surface area is 102 Å². The van der Waals surface area contributed by atoms with E-state index >= 15 is 0 Å². The Morgan fingerprint density at radius 1 is 1.18 bits per heavy atom. The van der Waals surface area contributed by atoms with Gasteiger partial charge in [-0.15, -0.1) is 0 Å². The van der Waals surface area contributed by atoms with E-state index in [9.17, 15) is 4.79 Å². The maximum atomic E-state index is 9.29. The third-order valence-corrected chi connectivity index (χ3v) is 2.29. The fourth-order valence-electron chi connectivity index (χ4n) is 1.49. The van der Waals surface area contributed by atoms with Crippen LogP contribution >= 0.6 is 0 Å². The Hall–Kier alpha value is -2.09. The van der Waals surface area contributed by atoms with Crippen molar-refractivity contribution in [1.29, 1.82) is 0 Å². The van der Waals surface area contributed by atoms with Gasteiger partial charge in [0.15, 0.2) is 0 Å². The molecule has 2 heteroatoms. The van der Waals surface area contributed by atoms with Crippen LogP contribution in [0.15, 0.2) is 55.1 Å². The van der Waals surface area contributed by atoms with E-state index < -0.39 is 0 Å². The zero-order chi connectivity index (χ0) is 12.5. The number of rotatable bonds is 3. The predicted molar refractivity (Wildman–Crippen MR) is 70.9 cm³/mol. The molecule has 0 aliphatic carbocycles. The summed E-state index contributed by atoms with van der Waals surface area (Å²) >= 11 is 0. The monoisotopic (exact) mass is 228 g/mol. The molecule has 0 heterocycles. The molecule has 0 unspecified atom stereocenters. The summed E-state index contributed by atoms with van der Waals surface area (Å²) in [5.74, 6) is 0. The predicted octanol–water partition coefficient (Wildman–Crippen LogP) is 3.49. The highest BCUT2D eigenvalue weighted by Gasteiger charge is 1.92. The van der Waals surface area contributed by atoms with Crippen molar-refractivity contribution in [1.82, 2.24) is 0 Å². The highest BCUT2D eigenvalue weighted by atomic mass is 16.5. The summed E-state index contributed by atoms with van der Waals surface area (Å²) in [6.45, 7) is 6.16. The van der Waals surface area contributed by atoms with Crippen molar-refractivity contribution < 1.29 is 9.53 Å². The molecule has 2 nitrogen and oxygen atoms in total. The van der Waals surface area contributed by atoms with E-state index in [1.54, 1.807) is 0 Å². The van der Waals surface area contributed by atoms with Crippen molar-refractivity contribution in [2.24, 2.45) is 0 Å². The molecule has 17 heavy (non-hydrogen) atoms. The zero-order valence-corrected chi connectivity index (χ0v) is 9.93. The summed E-state index contributed by atoms with van der Waals surface area (Å²) in [6.07, 6.45) is 1.51. The van der Waals surface area contributed by atoms with Gasteiger partial charge in [0.1, 0.15) is 6.61 Å². The molecule has 0 bridgehead atoms. The van der Waals surface area contributed by atoms with Crippen LogP contribution in [0.4, 0.5) is 0 Å². The Morgan fingerprint density at radius 2 is 1.88 bits per heavy atom. The van der Waals surface area contributed by atoms with Gasteiger partial charge < -0.3 is 4.74 Å². The third kappa shape index (κ3) is 4.11. The second-order valence-corrected chi connectivity index (χ2v) is 3.51. The van der Waals surface area contributed by atoms with E-state index in [-0.39, 0.29) is 0 Å². The SMILES string of the molecule is C=CCOC=O.Cc1cccc2ccccc12. The van der Waals surface area contributed by atoms with E-state index in [0.29, 0.717) is 13.1 Å². The summed E-state index contributed by atoms with van der Waals surface area (Å²) in [6, 6.07) is 14.8. The van der Waals surface area contributed by atoms with Crippen LogP contribution in [0.25, 0.3) is 10.8 Å². The minimum atomic E-state index is 0.309. The third-order valence-electron chi connectivity index (χ3n) is 2.29. The molecule has 0 saturated carbocycles. The van der Waals surface area contributed by atoms with Crippen LogP contribution < -0.4 is 0 Å². The van der Waals surface area contributed by atoms with Gasteiger partial charge in [0.05, 0.1) is 0 Å². The smallest absolute Gasteiger partial charge is 0.293 e. The Balaban J connectivity index is 0.000000209. The lowest BCUT2D eigenvalue weighted by atomic mass is 10.1. The number of benzene rings is 2. The van der Waals surface area contributed by atoms with E-state index in [1.807, 2.05) is 0 Å². The number of carbonyl (C=O) groups is 1. The fraction of sp³-hybridized carbons (Fsp3) is 0.133. The standard InChI is InChI=1S/C11H10.C4H6O2/c1-9-5-4-7-10-6-2-3-8-11(9)10;1-2-3-6-4-5/h2-8H,1H3;2,4H,1,3H2. The summed E-state index contributed by atoms with van der Waals surface area (Å²) in [5.41, 5.74) is 1.35. The lowest BCUT2D eigenvalue weighted by molar-refractivity contribution is -0.127. The molecule has 0 aliphatic rings. The average molecular weight is 228 g/mol. The van der Waals surface area contributed by atoms with Crippen molar-refractivity contribution in [2.75, 3.05) is 6.61 Å². The Bertz CT molecular complexity index is 476. The maximum Gasteiger partial charge on any atom is 0.293 e. The van der Waals surface area contributed by atoms with Gasteiger partial charge in [0.25, 0.3) is 6.47 Å². The van der Waals surface area contributed by atoms with E-state index in [2.05, 4.69) is 60.7 Å². The highest BCUT2D eigenvalue weighted by molar-refractivity contribution is 5.85. The van der Waals surface area contributed by atoms with Gasteiger partial charge in [0.2, 0.25) is 0 Å². The number of carbonyl (C=O) groups excluding carboxylic acids is 1. The van der Waals surface area contributed by atoms with Crippen LogP contribution in [-0.2, 0) is 9.53 Å². The summed E-state index contributed by atoms with van der Waals surface area (Å²) in [4.78, 5) is 9.29. The van der Waals surface area contributed by atoms with Gasteiger partial charge in [-0.05, 0) is 23.3 Å². The van der Waals surface area contributed by atoms with Crippen LogP contribution in [0.3, 0.4) is 0 Å². The van der Waals surface area contributed by atoms with Gasteiger partial charge in [-0.25, -0.2) is 0 Å². The number of fused-ring (bicyclic) bond motifs is 1. The first kappa shape index (κ1) is 13.0. The van der Waals surface area contributed by atoms with Gasteiger partial charge in [0, 0.05) is 0 Å². The molecule has 0 spiro atoms. The van der Waals surface area contributed by atoms with E-state index in [1.165, 1.54) is 22.4 Å². The molecular formula is C15H16O2. The minimum Gasteiger partial charge on any atom is -0.464 e. The number of hydrogen-bond donors (Lipinski definition) is 0. The summed E-state index contributed by atoms with van der Waals surface area (Å²) in [7, 11) is 0. The molecule has 0 amide bonds. The van der Waals surface area contributed by atoms with Crippen molar-refractivity contribution in [3.63, 3.8) is 0 Å². The summed E-state index contributed by atoms with van der Waals surface area (Å²) in [5, 5.41) is 2.68. The first-order valence-electron chi connectivity index (χ1n) is 5.40. The van der Waals surface area contributed by atoms with E-state index in [0.717, 1.165) is 0 Å². The first-order valence-corrected chi connectivity index (χ1v) is 5.40. The largest absolute Gasteiger partial charge is 0.464 e. The quantitative estimate of drug-likeness (QED) is 0.456. The molecule has 0 saturated heterocycles. The maximum absolute atomic E-state index is 9.29. The van der Waals surface area contributed by atoms with Crippen molar-refractivity contribution in [2.45, 2.75) is 6.92 Å². The molecule has 88 valence electrons. The van der Waals surface area contributed by atoms with Crippen LogP contribution in [0, 0.1) is 6.92 Å². The van der Waals surface area contributed by atoms with Crippen molar-refractivity contribution >= 4 is 17.2 Å². The molecule has 2 aromatic carbocycles. The molecular weight excluding hydrogens is 212 g/mol. The molecule has 0 fully saturated rings.